The first-order valence-electron chi connectivity index (χ1n) is 18.7. The Morgan fingerprint density at radius 3 is 2.00 bits per heavy atom. The number of pyridine rings is 2. The Bertz CT molecular complexity index is 3120. The number of hydrogen-bond acceptors (Lipinski definition) is 2. The molecular weight excluding hydrogens is 850 g/mol. The molecule has 0 unspecified atom stereocenters. The van der Waals surface area contributed by atoms with Gasteiger partial charge < -0.3 is 9.38 Å². The van der Waals surface area contributed by atoms with E-state index in [-0.39, 0.29) is 26.5 Å². The van der Waals surface area contributed by atoms with Crippen LogP contribution in [0, 0.1) is 12.1 Å². The smallest absolute Gasteiger partial charge is 0.333 e. The third-order valence-corrected chi connectivity index (χ3v) is 11.6. The molecule has 0 N–H and O–H groups in total. The van der Waals surface area contributed by atoms with Crippen molar-refractivity contribution in [3.63, 3.8) is 0 Å². The van der Waals surface area contributed by atoms with Gasteiger partial charge in [0.25, 0.3) is 0 Å². The zero-order chi connectivity index (χ0) is 36.2. The van der Waals surface area contributed by atoms with Crippen molar-refractivity contribution in [2.24, 2.45) is 0 Å². The maximum Gasteiger partial charge on any atom is 2.00 e. The summed E-state index contributed by atoms with van der Waals surface area (Å²) in [4.78, 5) is 10.3. The minimum atomic E-state index is -0.726. The minimum absolute atomic E-state index is 0. The summed E-state index contributed by atoms with van der Waals surface area (Å²) >= 11 is 0. The van der Waals surface area contributed by atoms with E-state index in [4.69, 9.17) is 9.97 Å². The summed E-state index contributed by atoms with van der Waals surface area (Å²) in [7, 11) is 0. The first kappa shape index (κ1) is 33.7. The fourth-order valence-electron chi connectivity index (χ4n) is 9.09. The van der Waals surface area contributed by atoms with E-state index < -0.39 is 5.41 Å². The summed E-state index contributed by atoms with van der Waals surface area (Å²) in [6.45, 7) is 6.76. The van der Waals surface area contributed by atoms with Gasteiger partial charge in [-0.3, -0.25) is 4.98 Å². The summed E-state index contributed by atoms with van der Waals surface area (Å²) in [5, 5.41) is 5.60. The van der Waals surface area contributed by atoms with E-state index in [0.29, 0.717) is 0 Å². The average molecular weight is 885 g/mol. The SMILES string of the molecule is CC(C)(C)c1ccnc(-c2[c-]c(C3(c4[c-]c5c(cc4)c4ccccc4n4c6ccccc6nc54)c4ccccc4-c4ccccc43)cc3ccccc23)c1.[Pt+2]. The Hall–Kier alpha value is -5.89. The van der Waals surface area contributed by atoms with Crippen LogP contribution in [0.15, 0.2) is 158 Å². The Labute approximate surface area is 334 Å². The first-order chi connectivity index (χ1) is 26.4. The predicted octanol–water partition coefficient (Wildman–Crippen LogP) is 12.3. The number of para-hydroxylation sites is 3. The standard InChI is InChI=1S/C51H35N3.Pt/c1-50(2,3)33-26-27-52-46(31-33)41-30-35(28-32-14-4-5-15-36(32)41)51(43-19-9-6-16-38(43)39-17-7-10-20-44(39)51)34-24-25-37-40-18-8-12-22-47(40)54-48-23-13-11-21-45(48)53-49(54)42(37)29-34;/h4-28,31H,1-3H3;/q-2;+2. The average Bonchev–Trinajstić information content (AvgIpc) is 3.75. The van der Waals surface area contributed by atoms with E-state index in [1.54, 1.807) is 0 Å². The van der Waals surface area contributed by atoms with Crippen LogP contribution in [0.2, 0.25) is 0 Å². The van der Waals surface area contributed by atoms with Crippen molar-refractivity contribution in [1.82, 2.24) is 14.4 Å². The molecule has 264 valence electrons. The van der Waals surface area contributed by atoms with Crippen LogP contribution in [0.4, 0.5) is 0 Å². The van der Waals surface area contributed by atoms with Crippen LogP contribution in [-0.4, -0.2) is 14.4 Å². The molecule has 10 aromatic rings. The summed E-state index contributed by atoms with van der Waals surface area (Å²) in [6, 6.07) is 63.0. The van der Waals surface area contributed by atoms with Crippen molar-refractivity contribution in [3.05, 3.63) is 198 Å². The molecule has 0 saturated heterocycles. The van der Waals surface area contributed by atoms with Gasteiger partial charge in [-0.05, 0) is 68.6 Å². The summed E-state index contributed by atoms with van der Waals surface area (Å²) in [5.41, 5.74) is 13.6. The third-order valence-electron chi connectivity index (χ3n) is 11.6. The monoisotopic (exact) mass is 884 g/mol. The summed E-state index contributed by atoms with van der Waals surface area (Å²) in [6.07, 6.45) is 1.95. The van der Waals surface area contributed by atoms with Crippen molar-refractivity contribution in [1.29, 1.82) is 0 Å². The van der Waals surface area contributed by atoms with Gasteiger partial charge in [-0.15, -0.1) is 52.4 Å². The number of benzene rings is 7. The van der Waals surface area contributed by atoms with Gasteiger partial charge in [-0.2, -0.15) is 0 Å². The zero-order valence-corrected chi connectivity index (χ0v) is 32.9. The van der Waals surface area contributed by atoms with Crippen LogP contribution in [0.1, 0.15) is 48.6 Å². The van der Waals surface area contributed by atoms with Gasteiger partial charge in [-0.25, -0.2) is 0 Å². The van der Waals surface area contributed by atoms with Gasteiger partial charge >= 0.3 is 21.1 Å². The first-order valence-corrected chi connectivity index (χ1v) is 18.7. The predicted molar refractivity (Wildman–Crippen MR) is 222 cm³/mol. The Morgan fingerprint density at radius 2 is 1.24 bits per heavy atom. The molecule has 3 aromatic heterocycles. The summed E-state index contributed by atoms with van der Waals surface area (Å²) in [5.74, 6) is 0. The van der Waals surface area contributed by atoms with Crippen molar-refractivity contribution >= 4 is 49.1 Å². The zero-order valence-electron chi connectivity index (χ0n) is 30.7. The van der Waals surface area contributed by atoms with Gasteiger partial charge in [0.1, 0.15) is 0 Å². The molecule has 1 aliphatic carbocycles. The molecule has 0 radical (unpaired) electrons. The van der Waals surface area contributed by atoms with Gasteiger partial charge in [0.2, 0.25) is 0 Å². The van der Waals surface area contributed by atoms with Crippen LogP contribution in [0.3, 0.4) is 0 Å². The largest absolute Gasteiger partial charge is 2.00 e. The number of hydrogen-bond donors (Lipinski definition) is 0. The maximum atomic E-state index is 5.28. The fourth-order valence-corrected chi connectivity index (χ4v) is 9.09. The van der Waals surface area contributed by atoms with E-state index in [1.165, 1.54) is 33.2 Å². The molecule has 0 bridgehead atoms. The molecule has 4 heteroatoms. The molecule has 0 spiro atoms. The number of nitrogens with zero attached hydrogens (tertiary/aromatic N) is 3. The van der Waals surface area contributed by atoms with E-state index >= 15 is 0 Å². The number of aromatic nitrogens is 3. The van der Waals surface area contributed by atoms with Crippen molar-refractivity contribution in [2.75, 3.05) is 0 Å². The molecule has 55 heavy (non-hydrogen) atoms. The Kier molecular flexibility index (Phi) is 7.54. The van der Waals surface area contributed by atoms with Crippen molar-refractivity contribution in [2.45, 2.75) is 31.6 Å². The molecule has 0 atom stereocenters. The fraction of sp³-hybridized carbons (Fsp3) is 0.0980. The normalized spacial score (nSPS) is 13.4. The van der Waals surface area contributed by atoms with Gasteiger partial charge in [0.05, 0.1) is 16.7 Å². The van der Waals surface area contributed by atoms with Crippen LogP contribution in [0.5, 0.6) is 0 Å². The van der Waals surface area contributed by atoms with Crippen molar-refractivity contribution < 1.29 is 21.1 Å². The Morgan fingerprint density at radius 1 is 0.582 bits per heavy atom. The molecule has 3 heterocycles. The second-order valence-corrected chi connectivity index (χ2v) is 15.6. The number of imidazole rings is 1. The molecule has 0 saturated carbocycles. The molecule has 0 amide bonds. The van der Waals surface area contributed by atoms with E-state index in [9.17, 15) is 0 Å². The molecule has 11 rings (SSSR count). The van der Waals surface area contributed by atoms with E-state index in [2.05, 4.69) is 189 Å². The van der Waals surface area contributed by atoms with Crippen LogP contribution in [0.25, 0.3) is 71.5 Å². The topological polar surface area (TPSA) is 30.2 Å². The third kappa shape index (κ3) is 4.79. The number of fused-ring (bicyclic) bond motifs is 12. The van der Waals surface area contributed by atoms with Gasteiger partial charge in [-0.1, -0.05) is 146 Å². The summed E-state index contributed by atoms with van der Waals surface area (Å²) < 4.78 is 2.31. The second-order valence-electron chi connectivity index (χ2n) is 15.6. The van der Waals surface area contributed by atoms with Crippen LogP contribution in [-0.2, 0) is 31.9 Å². The molecule has 1 aliphatic rings. The molecule has 0 fully saturated rings. The second kappa shape index (κ2) is 12.3. The van der Waals surface area contributed by atoms with Gasteiger partial charge in [0.15, 0.2) is 0 Å². The molecular formula is C51H35N3Pt. The maximum absolute atomic E-state index is 5.28. The van der Waals surface area contributed by atoms with E-state index in [1.807, 2.05) is 6.20 Å². The minimum Gasteiger partial charge on any atom is -0.333 e. The van der Waals surface area contributed by atoms with Crippen LogP contribution >= 0.6 is 0 Å². The van der Waals surface area contributed by atoms with Gasteiger partial charge in [0, 0.05) is 17.1 Å². The Balaban J connectivity index is 0.00000372. The quantitative estimate of drug-likeness (QED) is 0.131. The van der Waals surface area contributed by atoms with Crippen molar-refractivity contribution in [3.8, 4) is 22.4 Å². The molecule has 3 nitrogen and oxygen atoms in total. The van der Waals surface area contributed by atoms with E-state index in [0.717, 1.165) is 66.1 Å². The molecule has 7 aromatic carbocycles. The molecule has 0 aliphatic heterocycles. The van der Waals surface area contributed by atoms with Crippen LogP contribution < -0.4 is 0 Å². The number of rotatable bonds is 3.